The molecule has 0 saturated heterocycles. The normalized spacial score (nSPS) is 13.2. The molecule has 0 aliphatic heterocycles. The van der Waals surface area contributed by atoms with Gasteiger partial charge in [-0.25, -0.2) is 4.68 Å². The standard InChI is InChI=1S/C21H18BrClN4O3/c1-11-8-13(22)2-6-16(11)25-19(28)18-10-12-9-14(23)3-7-17(12)27(18)26-21(30)20(29)24-15-4-5-15/h2-3,6-10,15H,4-5H2,1H3,(H,24,29)(H,25,28)(H,26,30). The zero-order chi connectivity index (χ0) is 21.4. The van der Waals surface area contributed by atoms with E-state index in [0.717, 1.165) is 22.9 Å². The molecule has 3 amide bonds. The largest absolute Gasteiger partial charge is 0.345 e. The van der Waals surface area contributed by atoms with Gasteiger partial charge in [0.05, 0.1) is 5.52 Å². The zero-order valence-electron chi connectivity index (χ0n) is 16.0. The second-order valence-electron chi connectivity index (χ2n) is 7.17. The molecule has 1 heterocycles. The quantitative estimate of drug-likeness (QED) is 0.484. The molecule has 0 atom stereocenters. The van der Waals surface area contributed by atoms with Crippen molar-refractivity contribution >= 4 is 61.8 Å². The van der Waals surface area contributed by atoms with Gasteiger partial charge in [-0.15, -0.1) is 0 Å². The number of anilines is 1. The summed E-state index contributed by atoms with van der Waals surface area (Å²) >= 11 is 9.48. The number of rotatable bonds is 4. The Morgan fingerprint density at radius 1 is 1.07 bits per heavy atom. The average molecular weight is 490 g/mol. The molecule has 1 aromatic heterocycles. The predicted octanol–water partition coefficient (Wildman–Crippen LogP) is 3.97. The van der Waals surface area contributed by atoms with Crippen LogP contribution in [0.3, 0.4) is 0 Å². The van der Waals surface area contributed by atoms with E-state index in [1.807, 2.05) is 19.1 Å². The fourth-order valence-corrected chi connectivity index (χ4v) is 3.71. The number of nitrogens with one attached hydrogen (secondary N) is 3. The van der Waals surface area contributed by atoms with E-state index in [2.05, 4.69) is 32.0 Å². The fourth-order valence-electron chi connectivity index (χ4n) is 3.06. The van der Waals surface area contributed by atoms with Crippen molar-refractivity contribution in [1.82, 2.24) is 9.99 Å². The van der Waals surface area contributed by atoms with Gasteiger partial charge in [0.2, 0.25) is 0 Å². The third kappa shape index (κ3) is 4.34. The van der Waals surface area contributed by atoms with Crippen molar-refractivity contribution in [3.8, 4) is 0 Å². The van der Waals surface area contributed by atoms with Crippen LogP contribution in [0, 0.1) is 6.92 Å². The van der Waals surface area contributed by atoms with Crippen molar-refractivity contribution in [2.75, 3.05) is 10.7 Å². The van der Waals surface area contributed by atoms with Gasteiger partial charge in [-0.3, -0.25) is 19.8 Å². The van der Waals surface area contributed by atoms with E-state index in [-0.39, 0.29) is 11.7 Å². The number of carbonyl (C=O) groups is 3. The second kappa shape index (κ2) is 8.12. The van der Waals surface area contributed by atoms with Gasteiger partial charge in [0, 0.05) is 26.6 Å². The van der Waals surface area contributed by atoms with Crippen molar-refractivity contribution in [3.63, 3.8) is 0 Å². The number of aromatic nitrogens is 1. The minimum atomic E-state index is -0.844. The van der Waals surface area contributed by atoms with E-state index in [1.54, 1.807) is 30.3 Å². The molecule has 1 saturated carbocycles. The molecule has 3 aromatic rings. The highest BCUT2D eigenvalue weighted by Gasteiger charge is 2.27. The first kappa shape index (κ1) is 20.4. The summed E-state index contributed by atoms with van der Waals surface area (Å²) in [5.41, 5.74) is 4.75. The second-order valence-corrected chi connectivity index (χ2v) is 8.52. The van der Waals surface area contributed by atoms with Crippen LogP contribution in [0.15, 0.2) is 46.9 Å². The van der Waals surface area contributed by atoms with Gasteiger partial charge in [0.1, 0.15) is 5.69 Å². The van der Waals surface area contributed by atoms with Crippen molar-refractivity contribution in [2.24, 2.45) is 0 Å². The van der Waals surface area contributed by atoms with Crippen molar-refractivity contribution in [1.29, 1.82) is 0 Å². The lowest BCUT2D eigenvalue weighted by Crippen LogP contribution is -2.40. The number of benzene rings is 2. The first-order valence-corrected chi connectivity index (χ1v) is 10.5. The molecule has 0 radical (unpaired) electrons. The minimum Gasteiger partial charge on any atom is -0.345 e. The summed E-state index contributed by atoms with van der Waals surface area (Å²) in [4.78, 5) is 37.5. The van der Waals surface area contributed by atoms with E-state index < -0.39 is 17.7 Å². The van der Waals surface area contributed by atoms with E-state index in [4.69, 9.17) is 11.6 Å². The van der Waals surface area contributed by atoms with Crippen LogP contribution >= 0.6 is 27.5 Å². The number of carbonyl (C=O) groups excluding carboxylic acids is 3. The summed E-state index contributed by atoms with van der Waals surface area (Å²) in [7, 11) is 0. The van der Waals surface area contributed by atoms with Gasteiger partial charge in [-0.05, 0) is 67.8 Å². The zero-order valence-corrected chi connectivity index (χ0v) is 18.3. The van der Waals surface area contributed by atoms with Crippen LogP contribution < -0.4 is 16.1 Å². The van der Waals surface area contributed by atoms with Crippen molar-refractivity contribution in [3.05, 3.63) is 63.2 Å². The maximum atomic E-state index is 13.0. The molecule has 3 N–H and O–H groups in total. The number of nitrogens with zero attached hydrogens (tertiary/aromatic N) is 1. The number of amides is 3. The lowest BCUT2D eigenvalue weighted by atomic mass is 10.2. The minimum absolute atomic E-state index is 0.0478. The summed E-state index contributed by atoms with van der Waals surface area (Å²) in [6.07, 6.45) is 1.73. The highest BCUT2D eigenvalue weighted by Crippen LogP contribution is 2.25. The molecule has 4 rings (SSSR count). The molecule has 30 heavy (non-hydrogen) atoms. The SMILES string of the molecule is Cc1cc(Br)ccc1NC(=O)c1cc2cc(Cl)ccc2n1NC(=O)C(=O)NC1CC1. The van der Waals surface area contributed by atoms with Crippen LogP contribution in [0.1, 0.15) is 28.9 Å². The van der Waals surface area contributed by atoms with Crippen LogP contribution in [0.4, 0.5) is 5.69 Å². The maximum absolute atomic E-state index is 13.0. The molecule has 2 aromatic carbocycles. The number of halogens is 2. The molecule has 1 fully saturated rings. The third-order valence-electron chi connectivity index (χ3n) is 4.77. The van der Waals surface area contributed by atoms with Gasteiger partial charge >= 0.3 is 11.8 Å². The number of hydrogen-bond donors (Lipinski definition) is 3. The Morgan fingerprint density at radius 2 is 1.83 bits per heavy atom. The van der Waals surface area contributed by atoms with Gasteiger partial charge in [-0.2, -0.15) is 0 Å². The first-order chi connectivity index (χ1) is 14.3. The van der Waals surface area contributed by atoms with E-state index in [0.29, 0.717) is 21.6 Å². The van der Waals surface area contributed by atoms with Gasteiger partial charge < -0.3 is 10.6 Å². The number of fused-ring (bicyclic) bond motifs is 1. The smallest absolute Gasteiger partial charge is 0.328 e. The monoisotopic (exact) mass is 488 g/mol. The Morgan fingerprint density at radius 3 is 2.53 bits per heavy atom. The molecule has 0 bridgehead atoms. The van der Waals surface area contributed by atoms with Crippen molar-refractivity contribution in [2.45, 2.75) is 25.8 Å². The van der Waals surface area contributed by atoms with Crippen LogP contribution in [0.5, 0.6) is 0 Å². The lowest BCUT2D eigenvalue weighted by molar-refractivity contribution is -0.136. The van der Waals surface area contributed by atoms with E-state index >= 15 is 0 Å². The van der Waals surface area contributed by atoms with Crippen LogP contribution in [-0.4, -0.2) is 28.4 Å². The molecular weight excluding hydrogens is 472 g/mol. The van der Waals surface area contributed by atoms with Crippen LogP contribution in [0.25, 0.3) is 10.9 Å². The van der Waals surface area contributed by atoms with Crippen LogP contribution in [-0.2, 0) is 9.59 Å². The molecule has 0 spiro atoms. The summed E-state index contributed by atoms with van der Waals surface area (Å²) in [6, 6.07) is 12.2. The fraction of sp³-hybridized carbons (Fsp3) is 0.190. The lowest BCUT2D eigenvalue weighted by Gasteiger charge is -2.13. The predicted molar refractivity (Wildman–Crippen MR) is 119 cm³/mol. The Bertz CT molecular complexity index is 1190. The van der Waals surface area contributed by atoms with E-state index in [9.17, 15) is 14.4 Å². The van der Waals surface area contributed by atoms with Crippen LogP contribution in [0.2, 0.25) is 5.02 Å². The molecule has 7 nitrogen and oxygen atoms in total. The summed E-state index contributed by atoms with van der Waals surface area (Å²) in [5, 5.41) is 6.63. The maximum Gasteiger partial charge on any atom is 0.328 e. The van der Waals surface area contributed by atoms with E-state index in [1.165, 1.54) is 4.68 Å². The van der Waals surface area contributed by atoms with Crippen molar-refractivity contribution < 1.29 is 14.4 Å². The average Bonchev–Trinajstić information content (AvgIpc) is 3.44. The number of aryl methyl sites for hydroxylation is 1. The molecule has 154 valence electrons. The Kier molecular flexibility index (Phi) is 5.53. The summed E-state index contributed by atoms with van der Waals surface area (Å²) in [5.74, 6) is -2.01. The Labute approximate surface area is 185 Å². The molecule has 1 aliphatic rings. The molecular formula is C21H18BrClN4O3. The van der Waals surface area contributed by atoms with Gasteiger partial charge in [0.25, 0.3) is 5.91 Å². The topological polar surface area (TPSA) is 92.2 Å². The van der Waals surface area contributed by atoms with Gasteiger partial charge in [-0.1, -0.05) is 27.5 Å². The highest BCUT2D eigenvalue weighted by atomic mass is 79.9. The summed E-state index contributed by atoms with van der Waals surface area (Å²) in [6.45, 7) is 1.87. The number of hydrogen-bond acceptors (Lipinski definition) is 3. The first-order valence-electron chi connectivity index (χ1n) is 9.32. The Hall–Kier alpha value is -2.84. The molecule has 1 aliphatic carbocycles. The van der Waals surface area contributed by atoms with Gasteiger partial charge in [0.15, 0.2) is 0 Å². The summed E-state index contributed by atoms with van der Waals surface area (Å²) < 4.78 is 2.21. The highest BCUT2D eigenvalue weighted by molar-refractivity contribution is 9.10. The molecule has 9 heteroatoms. The molecule has 0 unspecified atom stereocenters. The Balaban J connectivity index is 1.67. The third-order valence-corrected chi connectivity index (χ3v) is 5.49.